The molecule has 4 aromatic carbocycles. The molecule has 0 aromatic heterocycles. The molecule has 0 fully saturated rings. The molecule has 1 aliphatic carbocycles. The predicted octanol–water partition coefficient (Wildman–Crippen LogP) is 7.11. The second-order valence-corrected chi connectivity index (χ2v) is 10.0. The summed E-state index contributed by atoms with van der Waals surface area (Å²) in [6, 6.07) is 27.1. The van der Waals surface area contributed by atoms with E-state index in [1.807, 2.05) is 36.4 Å². The minimum absolute atomic E-state index is 0.0795. The normalized spacial score (nSPS) is 12.8. The van der Waals surface area contributed by atoms with Crippen LogP contribution in [-0.2, 0) is 22.6 Å². The third-order valence-electron chi connectivity index (χ3n) is 6.74. The molecule has 0 saturated heterocycles. The van der Waals surface area contributed by atoms with Gasteiger partial charge in [0, 0.05) is 27.9 Å². The zero-order chi connectivity index (χ0) is 27.4. The Morgan fingerprint density at radius 3 is 2.00 bits per heavy atom. The quantitative estimate of drug-likeness (QED) is 0.227. The minimum atomic E-state index is -1.16. The summed E-state index contributed by atoms with van der Waals surface area (Å²) >= 11 is 12.4. The summed E-state index contributed by atoms with van der Waals surface area (Å²) in [5.41, 5.74) is 5.80. The molecule has 0 bridgehead atoms. The average Bonchev–Trinajstić information content (AvgIpc) is 3.25. The first-order valence-electron chi connectivity index (χ1n) is 12.4. The predicted molar refractivity (Wildman–Crippen MR) is 151 cm³/mol. The number of alkyl carbamates (subject to hydrolysis) is 1. The molecule has 0 aliphatic heterocycles. The van der Waals surface area contributed by atoms with Gasteiger partial charge in [-0.25, -0.2) is 9.59 Å². The molecule has 1 aliphatic rings. The molecule has 0 unspecified atom stereocenters. The average molecular weight is 562 g/mol. The van der Waals surface area contributed by atoms with Crippen LogP contribution in [0.2, 0.25) is 10.0 Å². The van der Waals surface area contributed by atoms with Gasteiger partial charge in [0.05, 0.1) is 0 Å². The molecule has 4 aromatic rings. The molecule has 198 valence electrons. The monoisotopic (exact) mass is 561 g/mol. The molecule has 8 heteroatoms. The lowest BCUT2D eigenvalue weighted by Gasteiger charge is -2.18. The molecule has 0 saturated carbocycles. The first kappa shape index (κ1) is 26.6. The number of amides is 1. The van der Waals surface area contributed by atoms with Gasteiger partial charge >= 0.3 is 12.1 Å². The number of carboxylic acids is 1. The lowest BCUT2D eigenvalue weighted by molar-refractivity contribution is -0.139. The van der Waals surface area contributed by atoms with Crippen molar-refractivity contribution in [3.63, 3.8) is 0 Å². The third kappa shape index (κ3) is 6.03. The maximum atomic E-state index is 12.6. The molecule has 1 atom stereocenters. The standard InChI is InChI=1S/C31H25Cl2NO5/c32-27-10-5-11-28(33)26(27)18-38-20-14-12-19(13-15-20)16-29(30(35)36)34-31(37)39-17-25-23-8-3-1-6-21(23)22-7-2-4-9-24(22)25/h1-15,25,29H,16-18H2,(H,34,37)(H,35,36)/t29-/m1/s1. The van der Waals surface area contributed by atoms with Crippen molar-refractivity contribution in [2.75, 3.05) is 6.61 Å². The summed E-state index contributed by atoms with van der Waals surface area (Å²) in [6.45, 7) is 0.298. The summed E-state index contributed by atoms with van der Waals surface area (Å²) in [5, 5.41) is 13.2. The van der Waals surface area contributed by atoms with E-state index in [2.05, 4.69) is 17.4 Å². The Morgan fingerprint density at radius 2 is 1.41 bits per heavy atom. The molecular weight excluding hydrogens is 537 g/mol. The fraction of sp³-hybridized carbons (Fsp3) is 0.161. The van der Waals surface area contributed by atoms with Gasteiger partial charge < -0.3 is 19.9 Å². The van der Waals surface area contributed by atoms with Gasteiger partial charge in [-0.1, -0.05) is 89.9 Å². The molecular formula is C31H25Cl2NO5. The van der Waals surface area contributed by atoms with Crippen molar-refractivity contribution >= 4 is 35.3 Å². The number of aliphatic carboxylic acids is 1. The number of carbonyl (C=O) groups excluding carboxylic acids is 1. The maximum absolute atomic E-state index is 12.6. The SMILES string of the molecule is O=C(N[C@H](Cc1ccc(OCc2c(Cl)cccc2Cl)cc1)C(=O)O)OCC1c2ccccc2-c2ccccc21. The van der Waals surface area contributed by atoms with Crippen molar-refractivity contribution in [1.29, 1.82) is 0 Å². The van der Waals surface area contributed by atoms with Crippen molar-refractivity contribution < 1.29 is 24.2 Å². The maximum Gasteiger partial charge on any atom is 0.407 e. The minimum Gasteiger partial charge on any atom is -0.489 e. The Morgan fingerprint density at radius 1 is 0.821 bits per heavy atom. The van der Waals surface area contributed by atoms with Crippen LogP contribution in [0.5, 0.6) is 5.75 Å². The van der Waals surface area contributed by atoms with Gasteiger partial charge in [0.25, 0.3) is 0 Å². The summed E-state index contributed by atoms with van der Waals surface area (Å²) in [5.74, 6) is -0.692. The van der Waals surface area contributed by atoms with E-state index in [0.29, 0.717) is 26.9 Å². The van der Waals surface area contributed by atoms with Crippen molar-refractivity contribution in [2.24, 2.45) is 0 Å². The van der Waals surface area contributed by atoms with Crippen molar-refractivity contribution in [1.82, 2.24) is 5.32 Å². The third-order valence-corrected chi connectivity index (χ3v) is 7.45. The number of halogens is 2. The van der Waals surface area contributed by atoms with Crippen LogP contribution in [0, 0.1) is 0 Å². The highest BCUT2D eigenvalue weighted by Crippen LogP contribution is 2.44. The van der Waals surface area contributed by atoms with Crippen molar-refractivity contribution in [3.8, 4) is 16.9 Å². The molecule has 0 spiro atoms. The van der Waals surface area contributed by atoms with Crippen molar-refractivity contribution in [3.05, 3.63) is 123 Å². The lowest BCUT2D eigenvalue weighted by atomic mass is 9.98. The van der Waals surface area contributed by atoms with Gasteiger partial charge in [-0.3, -0.25) is 0 Å². The highest BCUT2D eigenvalue weighted by atomic mass is 35.5. The van der Waals surface area contributed by atoms with E-state index in [1.165, 1.54) is 0 Å². The molecule has 2 N–H and O–H groups in total. The van der Waals surface area contributed by atoms with Crippen LogP contribution in [0.4, 0.5) is 4.79 Å². The fourth-order valence-electron chi connectivity index (χ4n) is 4.77. The Bertz CT molecular complexity index is 1440. The number of fused-ring (bicyclic) bond motifs is 3. The number of carboxylic acid groups (broad SMARTS) is 1. The molecule has 0 radical (unpaired) electrons. The van der Waals surface area contributed by atoms with Gasteiger partial charge in [0.2, 0.25) is 0 Å². The van der Waals surface area contributed by atoms with Crippen LogP contribution in [0.1, 0.15) is 28.2 Å². The number of benzene rings is 4. The number of rotatable bonds is 9. The van der Waals surface area contributed by atoms with Crippen LogP contribution < -0.4 is 10.1 Å². The van der Waals surface area contributed by atoms with Gasteiger partial charge in [0.15, 0.2) is 0 Å². The summed E-state index contributed by atoms with van der Waals surface area (Å²) in [7, 11) is 0. The van der Waals surface area contributed by atoms with Crippen LogP contribution in [0.3, 0.4) is 0 Å². The second kappa shape index (κ2) is 11.8. The number of carbonyl (C=O) groups is 2. The highest BCUT2D eigenvalue weighted by molar-refractivity contribution is 6.35. The molecule has 0 heterocycles. The largest absolute Gasteiger partial charge is 0.489 e. The highest BCUT2D eigenvalue weighted by Gasteiger charge is 2.29. The first-order chi connectivity index (χ1) is 18.9. The summed E-state index contributed by atoms with van der Waals surface area (Å²) in [4.78, 5) is 24.5. The second-order valence-electron chi connectivity index (χ2n) is 9.20. The Hall–Kier alpha value is -4.00. The molecule has 1 amide bonds. The van der Waals surface area contributed by atoms with E-state index in [1.54, 1.807) is 42.5 Å². The zero-order valence-corrected chi connectivity index (χ0v) is 22.3. The van der Waals surface area contributed by atoms with Gasteiger partial charge in [0.1, 0.15) is 25.0 Å². The van der Waals surface area contributed by atoms with Crippen LogP contribution in [0.25, 0.3) is 11.1 Å². The van der Waals surface area contributed by atoms with Gasteiger partial charge in [-0.15, -0.1) is 0 Å². The Balaban J connectivity index is 1.17. The van der Waals surface area contributed by atoms with Gasteiger partial charge in [-0.2, -0.15) is 0 Å². The summed E-state index contributed by atoms with van der Waals surface area (Å²) < 4.78 is 11.3. The number of nitrogens with one attached hydrogen (secondary N) is 1. The molecule has 5 rings (SSSR count). The van der Waals surface area contributed by atoms with E-state index >= 15 is 0 Å². The molecule has 39 heavy (non-hydrogen) atoms. The lowest BCUT2D eigenvalue weighted by Crippen LogP contribution is -2.42. The smallest absolute Gasteiger partial charge is 0.407 e. The zero-order valence-electron chi connectivity index (χ0n) is 20.8. The van der Waals surface area contributed by atoms with Crippen LogP contribution >= 0.6 is 23.2 Å². The van der Waals surface area contributed by atoms with E-state index in [-0.39, 0.29) is 25.6 Å². The number of hydrogen-bond donors (Lipinski definition) is 2. The van der Waals surface area contributed by atoms with Gasteiger partial charge in [-0.05, 0) is 52.1 Å². The van der Waals surface area contributed by atoms with E-state index in [0.717, 1.165) is 22.3 Å². The Kier molecular flexibility index (Phi) is 8.05. The van der Waals surface area contributed by atoms with Crippen LogP contribution in [0.15, 0.2) is 91.0 Å². The van der Waals surface area contributed by atoms with Crippen LogP contribution in [-0.4, -0.2) is 29.8 Å². The number of ether oxygens (including phenoxy) is 2. The molecule has 6 nitrogen and oxygen atoms in total. The van der Waals surface area contributed by atoms with E-state index in [9.17, 15) is 14.7 Å². The summed E-state index contributed by atoms with van der Waals surface area (Å²) in [6.07, 6.45) is -0.697. The van der Waals surface area contributed by atoms with Crippen molar-refractivity contribution in [2.45, 2.75) is 25.0 Å². The fourth-order valence-corrected chi connectivity index (χ4v) is 5.27. The first-order valence-corrected chi connectivity index (χ1v) is 13.1. The number of hydrogen-bond acceptors (Lipinski definition) is 4. The Labute approximate surface area is 236 Å². The topological polar surface area (TPSA) is 84.9 Å². The van der Waals surface area contributed by atoms with E-state index < -0.39 is 18.1 Å². The van der Waals surface area contributed by atoms with E-state index in [4.69, 9.17) is 32.7 Å².